The maximum atomic E-state index is 15.4. The van der Waals surface area contributed by atoms with Gasteiger partial charge in [-0.3, -0.25) is 9.59 Å². The lowest BCUT2D eigenvalue weighted by atomic mass is 9.96. The Morgan fingerprint density at radius 1 is 0.821 bits per heavy atom. The number of aliphatic hydroxyl groups excluding tert-OH is 1. The molecule has 6 N–H and O–H groups in total. The lowest BCUT2D eigenvalue weighted by molar-refractivity contribution is -0.126. The quantitative estimate of drug-likeness (QED) is 0.166. The zero-order valence-electron chi connectivity index (χ0n) is 21.4. The first-order chi connectivity index (χ1) is 18.3. The van der Waals surface area contributed by atoms with E-state index in [1.54, 1.807) is 0 Å². The molecule has 222 valence electrons. The number of aliphatic hydroxyl groups is 1. The van der Waals surface area contributed by atoms with E-state index in [0.29, 0.717) is 32.1 Å². The number of halogens is 3. The van der Waals surface area contributed by atoms with Gasteiger partial charge in [-0.15, -0.1) is 0 Å². The summed E-state index contributed by atoms with van der Waals surface area (Å²) in [4.78, 5) is 20.5. The monoisotopic (exact) mass is 600 g/mol. The van der Waals surface area contributed by atoms with Crippen molar-refractivity contribution in [2.75, 3.05) is 30.8 Å². The fourth-order valence-electron chi connectivity index (χ4n) is 4.23. The van der Waals surface area contributed by atoms with E-state index in [9.17, 15) is 30.8 Å². The highest BCUT2D eigenvalue weighted by atomic mass is 32.2. The second-order valence-corrected chi connectivity index (χ2v) is 12.8. The number of amides is 2. The van der Waals surface area contributed by atoms with E-state index < -0.39 is 82.9 Å². The van der Waals surface area contributed by atoms with Gasteiger partial charge in [0.15, 0.2) is 32.2 Å². The number of anilines is 1. The molecule has 16 heteroatoms. The predicted octanol–water partition coefficient (Wildman–Crippen LogP) is 1.44. The summed E-state index contributed by atoms with van der Waals surface area (Å²) in [5.74, 6) is -8.32. The van der Waals surface area contributed by atoms with Crippen molar-refractivity contribution in [3.05, 3.63) is 17.5 Å². The number of hydrogen-bond acceptors (Lipinski definition) is 8. The van der Waals surface area contributed by atoms with Crippen molar-refractivity contribution in [1.29, 1.82) is 0 Å². The molecule has 39 heavy (non-hydrogen) atoms. The molecule has 0 radical (unpaired) electrons. The van der Waals surface area contributed by atoms with Crippen molar-refractivity contribution in [2.45, 2.75) is 80.0 Å². The molecule has 2 rings (SSSR count). The molecule has 1 aliphatic carbocycles. The van der Waals surface area contributed by atoms with Gasteiger partial charge < -0.3 is 21.1 Å². The molecule has 1 aromatic rings. The van der Waals surface area contributed by atoms with Crippen LogP contribution in [0.4, 0.5) is 18.9 Å². The highest BCUT2D eigenvalue weighted by Crippen LogP contribution is 2.36. The number of carbonyl (C=O) groups excluding carboxylic acids is 2. The van der Waals surface area contributed by atoms with E-state index in [4.69, 9.17) is 10.2 Å². The van der Waals surface area contributed by atoms with Crippen LogP contribution in [0.25, 0.3) is 0 Å². The number of sulfonamides is 1. The molecule has 0 aromatic heterocycles. The Morgan fingerprint density at radius 2 is 1.33 bits per heavy atom. The summed E-state index contributed by atoms with van der Waals surface area (Å²) in [7, 11) is -9.91. The average Bonchev–Trinajstić information content (AvgIpc) is 2.81. The Balaban J connectivity index is 2.26. The van der Waals surface area contributed by atoms with E-state index >= 15 is 8.78 Å². The van der Waals surface area contributed by atoms with Crippen LogP contribution in [0.3, 0.4) is 0 Å². The maximum absolute atomic E-state index is 15.4. The molecule has 0 unspecified atom stereocenters. The summed E-state index contributed by atoms with van der Waals surface area (Å²) in [5, 5.41) is 20.9. The van der Waals surface area contributed by atoms with Crippen LogP contribution in [0, 0.1) is 17.5 Å². The molecule has 1 saturated carbocycles. The van der Waals surface area contributed by atoms with Crippen molar-refractivity contribution >= 4 is 37.4 Å². The molecule has 11 nitrogen and oxygen atoms in total. The van der Waals surface area contributed by atoms with E-state index in [0.717, 1.165) is 19.3 Å². The summed E-state index contributed by atoms with van der Waals surface area (Å²) < 4.78 is 95.0. The summed E-state index contributed by atoms with van der Waals surface area (Å²) in [6.07, 6.45) is 4.91. The second-order valence-electron chi connectivity index (χ2n) is 9.30. The number of nitrogens with one attached hydrogen (secondary N) is 3. The third-order valence-corrected chi connectivity index (χ3v) is 8.89. The van der Waals surface area contributed by atoms with E-state index in [1.165, 1.54) is 0 Å². The number of benzene rings is 1. The number of rotatable bonds is 13. The third-order valence-electron chi connectivity index (χ3n) is 6.22. The fraction of sp³-hybridized carbons (Fsp3) is 0.652. The maximum Gasteiger partial charge on any atom is 0.244 e. The number of hydrogen-bond donors (Lipinski definition) is 5. The van der Waals surface area contributed by atoms with Crippen molar-refractivity contribution < 1.29 is 44.7 Å². The van der Waals surface area contributed by atoms with E-state index in [-0.39, 0.29) is 26.0 Å². The summed E-state index contributed by atoms with van der Waals surface area (Å²) >= 11 is 0. The zero-order valence-corrected chi connectivity index (χ0v) is 23.0. The number of nitrogens with two attached hydrogens (primary N) is 1. The molecular weight excluding hydrogens is 565 g/mol. The number of sulfone groups is 1. The van der Waals surface area contributed by atoms with Crippen LogP contribution in [0.5, 0.6) is 0 Å². The molecule has 2 amide bonds. The van der Waals surface area contributed by atoms with Gasteiger partial charge >= 0.3 is 0 Å². The standard InChI is InChI=1S/C23H35F3N4O7S2/c24-18-19(25)23(38(34,35)14-12-29-17(33)10-9-16(32)28-11-6-13-31)21(20(26)22(18)39(27,36)37)30-15-7-4-2-1-3-5-8-15/h15,30-31H,1-14H2,(H,28,32)(H,29,33)(H2,27,36,37). The zero-order chi connectivity index (χ0) is 29.2. The first kappa shape index (κ1) is 32.8. The molecule has 0 saturated heterocycles. The van der Waals surface area contributed by atoms with Gasteiger partial charge in [0.25, 0.3) is 0 Å². The number of primary sulfonamides is 1. The minimum absolute atomic E-state index is 0.119. The van der Waals surface area contributed by atoms with Gasteiger partial charge in [0.05, 0.1) is 11.4 Å². The van der Waals surface area contributed by atoms with Crippen LogP contribution in [0.1, 0.15) is 64.2 Å². The van der Waals surface area contributed by atoms with Gasteiger partial charge in [0.2, 0.25) is 21.8 Å². The molecular formula is C23H35F3N4O7S2. The summed E-state index contributed by atoms with van der Waals surface area (Å²) in [5.41, 5.74) is -1.02. The van der Waals surface area contributed by atoms with Gasteiger partial charge in [-0.05, 0) is 19.3 Å². The molecule has 1 aliphatic rings. The Hall–Kier alpha value is -2.43. The molecule has 1 fully saturated rings. The number of carbonyl (C=O) groups is 2. The molecule has 0 spiro atoms. The Kier molecular flexibility index (Phi) is 12.5. The molecule has 0 atom stereocenters. The van der Waals surface area contributed by atoms with Crippen LogP contribution in [0.15, 0.2) is 9.79 Å². The third kappa shape index (κ3) is 9.61. The predicted molar refractivity (Wildman–Crippen MR) is 136 cm³/mol. The van der Waals surface area contributed by atoms with Gasteiger partial charge in [0, 0.05) is 38.6 Å². The van der Waals surface area contributed by atoms with Crippen molar-refractivity contribution in [2.24, 2.45) is 5.14 Å². The SMILES string of the molecule is NS(=O)(=O)c1c(F)c(F)c(S(=O)(=O)CCNC(=O)CCC(=O)NCCCO)c(NC2CCCCCCC2)c1F. The Labute approximate surface area is 226 Å². The topological polar surface area (TPSA) is 185 Å². The molecule has 0 aliphatic heterocycles. The highest BCUT2D eigenvalue weighted by molar-refractivity contribution is 7.91. The fourth-order valence-corrected chi connectivity index (χ4v) is 6.32. The highest BCUT2D eigenvalue weighted by Gasteiger charge is 2.36. The van der Waals surface area contributed by atoms with Gasteiger partial charge in [0.1, 0.15) is 4.90 Å². The van der Waals surface area contributed by atoms with Crippen LogP contribution in [-0.4, -0.2) is 65.2 Å². The lowest BCUT2D eigenvalue weighted by Crippen LogP contribution is -2.32. The van der Waals surface area contributed by atoms with Crippen molar-refractivity contribution in [1.82, 2.24) is 10.6 Å². The van der Waals surface area contributed by atoms with Crippen LogP contribution in [0.2, 0.25) is 0 Å². The van der Waals surface area contributed by atoms with Gasteiger partial charge in [-0.2, -0.15) is 0 Å². The van der Waals surface area contributed by atoms with E-state index in [2.05, 4.69) is 16.0 Å². The minimum Gasteiger partial charge on any atom is -0.396 e. The van der Waals surface area contributed by atoms with E-state index in [1.807, 2.05) is 0 Å². The minimum atomic E-state index is -5.10. The smallest absolute Gasteiger partial charge is 0.244 e. The first-order valence-electron chi connectivity index (χ1n) is 12.7. The summed E-state index contributed by atoms with van der Waals surface area (Å²) in [6.45, 7) is -0.475. The molecule has 1 aromatic carbocycles. The van der Waals surface area contributed by atoms with Crippen molar-refractivity contribution in [3.8, 4) is 0 Å². The average molecular weight is 601 g/mol. The Bertz CT molecular complexity index is 1240. The summed E-state index contributed by atoms with van der Waals surface area (Å²) in [6, 6.07) is -0.532. The molecule has 0 bridgehead atoms. The lowest BCUT2D eigenvalue weighted by Gasteiger charge is -2.25. The van der Waals surface area contributed by atoms with Crippen LogP contribution in [-0.2, 0) is 29.4 Å². The second kappa shape index (κ2) is 14.8. The molecule has 0 heterocycles. The normalized spacial score (nSPS) is 15.3. The van der Waals surface area contributed by atoms with Crippen LogP contribution >= 0.6 is 0 Å². The largest absolute Gasteiger partial charge is 0.396 e. The Morgan fingerprint density at radius 3 is 1.87 bits per heavy atom. The van der Waals surface area contributed by atoms with Gasteiger partial charge in [-0.1, -0.05) is 32.1 Å². The van der Waals surface area contributed by atoms with Crippen molar-refractivity contribution in [3.63, 3.8) is 0 Å². The van der Waals surface area contributed by atoms with Crippen LogP contribution < -0.4 is 21.1 Å². The van der Waals surface area contributed by atoms with Gasteiger partial charge in [-0.25, -0.2) is 35.1 Å². The first-order valence-corrected chi connectivity index (χ1v) is 15.9.